The Kier molecular flexibility index (Phi) is 7.17. The van der Waals surface area contributed by atoms with Gasteiger partial charge in [0.05, 0.1) is 11.8 Å². The van der Waals surface area contributed by atoms with Gasteiger partial charge in [-0.25, -0.2) is 17.1 Å². The lowest BCUT2D eigenvalue weighted by molar-refractivity contribution is -0.126. The van der Waals surface area contributed by atoms with Crippen molar-refractivity contribution < 1.29 is 17.6 Å². The molecule has 0 bridgehead atoms. The van der Waals surface area contributed by atoms with E-state index in [0.29, 0.717) is 31.5 Å². The molecule has 7 heteroatoms. The fraction of sp³-hybridized carbons (Fsp3) is 0.458. The molecule has 0 aliphatic carbocycles. The Labute approximate surface area is 184 Å². The lowest BCUT2D eigenvalue weighted by Gasteiger charge is -2.31. The van der Waals surface area contributed by atoms with Gasteiger partial charge in [0.15, 0.2) is 0 Å². The smallest absolute Gasteiger partial charge is 0.223 e. The highest BCUT2D eigenvalue weighted by Crippen LogP contribution is 2.25. The van der Waals surface area contributed by atoms with E-state index in [4.69, 9.17) is 0 Å². The number of amides is 1. The quantitative estimate of drug-likeness (QED) is 0.724. The third-order valence-corrected chi connectivity index (χ3v) is 8.04. The van der Waals surface area contributed by atoms with Crippen molar-refractivity contribution >= 4 is 15.9 Å². The molecule has 1 heterocycles. The summed E-state index contributed by atoms with van der Waals surface area (Å²) in [6, 6.07) is 9.66. The molecule has 5 nitrogen and oxygen atoms in total. The molecule has 0 aromatic heterocycles. The molecule has 0 radical (unpaired) electrons. The Balaban J connectivity index is 1.57. The van der Waals surface area contributed by atoms with Crippen LogP contribution in [0.1, 0.15) is 53.6 Å². The minimum absolute atomic E-state index is 0.0271. The molecule has 168 valence electrons. The Morgan fingerprint density at radius 1 is 1.06 bits per heavy atom. The fourth-order valence-electron chi connectivity index (χ4n) is 4.14. The standard InChI is InChI=1S/C24H31FN2O3S/c1-16-13-18(3)23(14-17(16)2)19(4)26-24(28)21-9-11-27(12-10-21)31(29,30)15-20-5-7-22(25)8-6-20/h5-8,13-14,19,21H,9-12,15H2,1-4H3,(H,26,28)/t19-/m0/s1. The monoisotopic (exact) mass is 446 g/mol. The van der Waals surface area contributed by atoms with Gasteiger partial charge >= 0.3 is 0 Å². The molecule has 1 aliphatic rings. The van der Waals surface area contributed by atoms with Crippen molar-refractivity contribution in [1.29, 1.82) is 0 Å². The Hall–Kier alpha value is -2.25. The van der Waals surface area contributed by atoms with Crippen LogP contribution < -0.4 is 5.32 Å². The van der Waals surface area contributed by atoms with Gasteiger partial charge in [-0.3, -0.25) is 4.79 Å². The summed E-state index contributed by atoms with van der Waals surface area (Å²) in [5, 5.41) is 3.11. The van der Waals surface area contributed by atoms with Gasteiger partial charge in [-0.2, -0.15) is 0 Å². The zero-order chi connectivity index (χ0) is 22.8. The second-order valence-electron chi connectivity index (χ2n) is 8.58. The van der Waals surface area contributed by atoms with Gasteiger partial charge < -0.3 is 5.32 Å². The van der Waals surface area contributed by atoms with Crippen molar-refractivity contribution in [2.75, 3.05) is 13.1 Å². The number of nitrogens with zero attached hydrogens (tertiary/aromatic N) is 1. The molecule has 1 atom stereocenters. The van der Waals surface area contributed by atoms with E-state index in [9.17, 15) is 17.6 Å². The van der Waals surface area contributed by atoms with E-state index >= 15 is 0 Å². The first-order valence-corrected chi connectivity index (χ1v) is 12.3. The van der Waals surface area contributed by atoms with Crippen LogP contribution >= 0.6 is 0 Å². The maximum Gasteiger partial charge on any atom is 0.223 e. The number of nitrogens with one attached hydrogen (secondary N) is 1. The van der Waals surface area contributed by atoms with Crippen LogP contribution in [0, 0.1) is 32.5 Å². The number of carbonyl (C=O) groups is 1. The van der Waals surface area contributed by atoms with Crippen LogP contribution in [-0.4, -0.2) is 31.7 Å². The average molecular weight is 447 g/mol. The zero-order valence-electron chi connectivity index (χ0n) is 18.6. The number of carbonyl (C=O) groups excluding carboxylic acids is 1. The van der Waals surface area contributed by atoms with Gasteiger partial charge in [-0.05, 0) is 80.5 Å². The summed E-state index contributed by atoms with van der Waals surface area (Å²) >= 11 is 0. The van der Waals surface area contributed by atoms with Crippen molar-refractivity contribution in [3.8, 4) is 0 Å². The number of rotatable bonds is 6. The molecular weight excluding hydrogens is 415 g/mol. The van der Waals surface area contributed by atoms with Crippen molar-refractivity contribution in [1.82, 2.24) is 9.62 Å². The third kappa shape index (κ3) is 5.71. The van der Waals surface area contributed by atoms with Crippen molar-refractivity contribution in [2.45, 2.75) is 52.3 Å². The van der Waals surface area contributed by atoms with Gasteiger partial charge in [0.1, 0.15) is 5.82 Å². The first kappa shape index (κ1) is 23.4. The second-order valence-corrected chi connectivity index (χ2v) is 10.5. The minimum Gasteiger partial charge on any atom is -0.349 e. The van der Waals surface area contributed by atoms with Crippen LogP contribution in [0.2, 0.25) is 0 Å². The molecule has 2 aromatic carbocycles. The van der Waals surface area contributed by atoms with Crippen molar-refractivity contribution in [3.63, 3.8) is 0 Å². The number of hydrogen-bond acceptors (Lipinski definition) is 3. The predicted molar refractivity (Wildman–Crippen MR) is 121 cm³/mol. The molecule has 1 saturated heterocycles. The van der Waals surface area contributed by atoms with E-state index < -0.39 is 15.8 Å². The molecule has 0 saturated carbocycles. The van der Waals surface area contributed by atoms with Gasteiger partial charge in [-0.1, -0.05) is 24.3 Å². The van der Waals surface area contributed by atoms with E-state index in [1.807, 2.05) is 6.92 Å². The number of halogens is 1. The first-order valence-electron chi connectivity index (χ1n) is 10.7. The second kappa shape index (κ2) is 9.49. The third-order valence-electron chi connectivity index (χ3n) is 6.19. The molecule has 31 heavy (non-hydrogen) atoms. The number of piperidine rings is 1. The Morgan fingerprint density at radius 2 is 1.65 bits per heavy atom. The molecule has 1 amide bonds. The average Bonchev–Trinajstić information content (AvgIpc) is 2.72. The normalized spacial score (nSPS) is 16.8. The molecular formula is C24H31FN2O3S. The van der Waals surface area contributed by atoms with Gasteiger partial charge in [-0.15, -0.1) is 0 Å². The summed E-state index contributed by atoms with van der Waals surface area (Å²) in [6.07, 6.45) is 0.986. The fourth-order valence-corrected chi connectivity index (χ4v) is 5.70. The molecule has 2 aromatic rings. The molecule has 0 spiro atoms. The molecule has 1 fully saturated rings. The zero-order valence-corrected chi connectivity index (χ0v) is 19.4. The molecule has 3 rings (SSSR count). The highest BCUT2D eigenvalue weighted by Gasteiger charge is 2.31. The SMILES string of the molecule is Cc1cc(C)c([C@H](C)NC(=O)C2CCN(S(=O)(=O)Cc3ccc(F)cc3)CC2)cc1C. The van der Waals surface area contributed by atoms with Gasteiger partial charge in [0.2, 0.25) is 15.9 Å². The van der Waals surface area contributed by atoms with Crippen LogP contribution in [0.3, 0.4) is 0 Å². The largest absolute Gasteiger partial charge is 0.349 e. The number of benzene rings is 2. The van der Waals surface area contributed by atoms with Crippen molar-refractivity contribution in [2.24, 2.45) is 5.92 Å². The summed E-state index contributed by atoms with van der Waals surface area (Å²) in [6.45, 7) is 8.81. The van der Waals surface area contributed by atoms with E-state index in [1.165, 1.54) is 39.7 Å². The van der Waals surface area contributed by atoms with E-state index in [0.717, 1.165) is 11.1 Å². The predicted octanol–water partition coefficient (Wildman–Crippen LogP) is 4.17. The maximum atomic E-state index is 13.1. The summed E-state index contributed by atoms with van der Waals surface area (Å²) < 4.78 is 39.9. The highest BCUT2D eigenvalue weighted by molar-refractivity contribution is 7.88. The lowest BCUT2D eigenvalue weighted by atomic mass is 9.94. The summed E-state index contributed by atoms with van der Waals surface area (Å²) in [5.41, 5.74) is 5.24. The first-order chi connectivity index (χ1) is 14.6. The number of hydrogen-bond donors (Lipinski definition) is 1. The maximum absolute atomic E-state index is 13.1. The van der Waals surface area contributed by atoms with Crippen LogP contribution in [0.4, 0.5) is 4.39 Å². The van der Waals surface area contributed by atoms with Gasteiger partial charge in [0.25, 0.3) is 0 Å². The lowest BCUT2D eigenvalue weighted by Crippen LogP contribution is -2.43. The Bertz CT molecular complexity index is 1040. The summed E-state index contributed by atoms with van der Waals surface area (Å²) in [5.74, 6) is -0.779. The van der Waals surface area contributed by atoms with E-state index in [2.05, 4.69) is 38.2 Å². The van der Waals surface area contributed by atoms with E-state index in [1.54, 1.807) is 0 Å². The van der Waals surface area contributed by atoms with Crippen LogP contribution in [0.15, 0.2) is 36.4 Å². The Morgan fingerprint density at radius 3 is 2.26 bits per heavy atom. The van der Waals surface area contributed by atoms with Crippen molar-refractivity contribution in [3.05, 3.63) is 70.0 Å². The van der Waals surface area contributed by atoms with E-state index in [-0.39, 0.29) is 23.6 Å². The minimum atomic E-state index is -3.50. The van der Waals surface area contributed by atoms with Gasteiger partial charge in [0, 0.05) is 19.0 Å². The molecule has 0 unspecified atom stereocenters. The summed E-state index contributed by atoms with van der Waals surface area (Å²) in [7, 11) is -3.50. The van der Waals surface area contributed by atoms with Crippen LogP contribution in [-0.2, 0) is 20.6 Å². The number of sulfonamides is 1. The topological polar surface area (TPSA) is 66.5 Å². The molecule has 1 N–H and O–H groups in total. The van der Waals surface area contributed by atoms with Crippen LogP contribution in [0.5, 0.6) is 0 Å². The highest BCUT2D eigenvalue weighted by atomic mass is 32.2. The molecule has 1 aliphatic heterocycles. The summed E-state index contributed by atoms with van der Waals surface area (Å²) in [4.78, 5) is 12.8. The number of aryl methyl sites for hydroxylation is 3. The van der Waals surface area contributed by atoms with Crippen LogP contribution in [0.25, 0.3) is 0 Å².